The van der Waals surface area contributed by atoms with E-state index >= 15 is 0 Å². The van der Waals surface area contributed by atoms with Crippen LogP contribution in [0.1, 0.15) is 32.6 Å². The van der Waals surface area contributed by atoms with Crippen LogP contribution < -0.4 is 5.32 Å². The van der Waals surface area contributed by atoms with E-state index in [1.807, 2.05) is 19.1 Å². The maximum Gasteiger partial charge on any atom is 0.241 e. The first-order valence-electron chi connectivity index (χ1n) is 6.97. The van der Waals surface area contributed by atoms with Gasteiger partial charge in [-0.15, -0.1) is 0 Å². The molecule has 0 aliphatic carbocycles. The lowest BCUT2D eigenvalue weighted by atomic mass is 10.2. The molecule has 0 spiro atoms. The van der Waals surface area contributed by atoms with Crippen molar-refractivity contribution in [3.63, 3.8) is 0 Å². The van der Waals surface area contributed by atoms with Crippen LogP contribution in [0, 0.1) is 0 Å². The fourth-order valence-electron chi connectivity index (χ4n) is 2.46. The van der Waals surface area contributed by atoms with Crippen molar-refractivity contribution in [1.82, 2.24) is 4.90 Å². The molecular weight excluding hydrogens is 260 g/mol. The van der Waals surface area contributed by atoms with Crippen LogP contribution in [-0.2, 0) is 4.79 Å². The summed E-state index contributed by atoms with van der Waals surface area (Å²) in [7, 11) is 0. The van der Waals surface area contributed by atoms with Gasteiger partial charge in [0.2, 0.25) is 5.91 Å². The first-order valence-corrected chi connectivity index (χ1v) is 7.35. The van der Waals surface area contributed by atoms with Gasteiger partial charge in [-0.25, -0.2) is 0 Å². The molecule has 1 aromatic rings. The predicted molar refractivity (Wildman–Crippen MR) is 79.6 cm³/mol. The zero-order valence-corrected chi connectivity index (χ0v) is 12.1. The Bertz CT molecular complexity index is 428. The van der Waals surface area contributed by atoms with Gasteiger partial charge in [-0.1, -0.05) is 30.5 Å². The third-order valence-corrected chi connectivity index (χ3v) is 3.90. The molecule has 1 fully saturated rings. The molecule has 1 aliphatic heterocycles. The molecule has 0 bridgehead atoms. The van der Waals surface area contributed by atoms with E-state index in [1.54, 1.807) is 12.1 Å². The Morgan fingerprint density at radius 1 is 1.26 bits per heavy atom. The highest BCUT2D eigenvalue weighted by atomic mass is 35.5. The minimum absolute atomic E-state index is 0.0455. The Morgan fingerprint density at radius 3 is 2.58 bits per heavy atom. The topological polar surface area (TPSA) is 32.3 Å². The molecule has 1 aromatic carbocycles. The molecule has 1 unspecified atom stereocenters. The molecule has 1 heterocycles. The first-order chi connectivity index (χ1) is 9.16. The number of nitrogens with one attached hydrogen (secondary N) is 1. The molecule has 19 heavy (non-hydrogen) atoms. The lowest BCUT2D eigenvalue weighted by molar-refractivity contribution is -0.120. The molecule has 1 amide bonds. The summed E-state index contributed by atoms with van der Waals surface area (Å²) in [4.78, 5) is 14.5. The molecule has 3 nitrogen and oxygen atoms in total. The molecular formula is C15H21ClN2O. The molecule has 1 saturated heterocycles. The van der Waals surface area contributed by atoms with Crippen LogP contribution in [0.25, 0.3) is 0 Å². The highest BCUT2D eigenvalue weighted by Gasteiger charge is 2.21. The summed E-state index contributed by atoms with van der Waals surface area (Å²) in [5, 5.41) is 3.57. The number of benzene rings is 1. The van der Waals surface area contributed by atoms with Crippen molar-refractivity contribution in [3.8, 4) is 0 Å². The Morgan fingerprint density at radius 2 is 1.95 bits per heavy atom. The van der Waals surface area contributed by atoms with Gasteiger partial charge < -0.3 is 5.32 Å². The highest BCUT2D eigenvalue weighted by Crippen LogP contribution is 2.17. The van der Waals surface area contributed by atoms with Crippen molar-refractivity contribution in [2.45, 2.75) is 38.6 Å². The molecule has 1 aliphatic rings. The summed E-state index contributed by atoms with van der Waals surface area (Å²) in [5.74, 6) is 0.0455. The van der Waals surface area contributed by atoms with E-state index in [4.69, 9.17) is 11.6 Å². The Labute approximate surface area is 119 Å². The minimum Gasteiger partial charge on any atom is -0.325 e. The van der Waals surface area contributed by atoms with Gasteiger partial charge in [0.05, 0.1) is 6.04 Å². The molecule has 0 aromatic heterocycles. The lowest BCUT2D eigenvalue weighted by Crippen LogP contribution is -2.42. The van der Waals surface area contributed by atoms with Gasteiger partial charge in [0.25, 0.3) is 0 Å². The van der Waals surface area contributed by atoms with Crippen LogP contribution in [0.4, 0.5) is 5.69 Å². The van der Waals surface area contributed by atoms with E-state index in [0.717, 1.165) is 18.8 Å². The number of halogens is 1. The molecule has 1 N–H and O–H groups in total. The fraction of sp³-hybridized carbons (Fsp3) is 0.533. The first kappa shape index (κ1) is 14.4. The summed E-state index contributed by atoms with van der Waals surface area (Å²) < 4.78 is 0. The van der Waals surface area contributed by atoms with Crippen molar-refractivity contribution >= 4 is 23.2 Å². The lowest BCUT2D eigenvalue weighted by Gasteiger charge is -2.26. The van der Waals surface area contributed by atoms with E-state index in [9.17, 15) is 4.79 Å². The smallest absolute Gasteiger partial charge is 0.241 e. The average molecular weight is 281 g/mol. The van der Waals surface area contributed by atoms with E-state index in [2.05, 4.69) is 10.2 Å². The van der Waals surface area contributed by atoms with Gasteiger partial charge in [0.15, 0.2) is 0 Å². The van der Waals surface area contributed by atoms with Crippen molar-refractivity contribution in [2.75, 3.05) is 18.4 Å². The third kappa shape index (κ3) is 4.22. The average Bonchev–Trinajstić information content (AvgIpc) is 2.66. The van der Waals surface area contributed by atoms with Gasteiger partial charge in [0, 0.05) is 10.7 Å². The molecule has 1 atom stereocenters. The largest absolute Gasteiger partial charge is 0.325 e. The van der Waals surface area contributed by atoms with Gasteiger partial charge in [-0.05, 0) is 51.1 Å². The van der Waals surface area contributed by atoms with E-state index in [0.29, 0.717) is 5.02 Å². The number of rotatable bonds is 3. The summed E-state index contributed by atoms with van der Waals surface area (Å²) >= 11 is 5.92. The van der Waals surface area contributed by atoms with Crippen LogP contribution in [-0.4, -0.2) is 29.9 Å². The summed E-state index contributed by atoms with van der Waals surface area (Å²) in [5.41, 5.74) is 0.763. The maximum atomic E-state index is 12.2. The van der Waals surface area contributed by atoms with Gasteiger partial charge in [-0.3, -0.25) is 9.69 Å². The fourth-order valence-corrected chi connectivity index (χ4v) is 2.65. The summed E-state index contributed by atoms with van der Waals surface area (Å²) in [6, 6.07) is 7.19. The summed E-state index contributed by atoms with van der Waals surface area (Å²) in [6.07, 6.45) is 4.93. The number of carbonyl (C=O) groups is 1. The SMILES string of the molecule is CC(C(=O)Nc1cccc(Cl)c1)N1CCCCCC1. The standard InChI is InChI=1S/C15H21ClN2O/c1-12(18-9-4-2-3-5-10-18)15(19)17-14-8-6-7-13(16)11-14/h6-8,11-12H,2-5,9-10H2,1H3,(H,17,19). The zero-order chi connectivity index (χ0) is 13.7. The second-order valence-corrected chi connectivity index (χ2v) is 5.56. The van der Waals surface area contributed by atoms with E-state index in [1.165, 1.54) is 25.7 Å². The molecule has 104 valence electrons. The zero-order valence-electron chi connectivity index (χ0n) is 11.4. The number of nitrogens with zero attached hydrogens (tertiary/aromatic N) is 1. The number of likely N-dealkylation sites (tertiary alicyclic amines) is 1. The number of amides is 1. The molecule has 2 rings (SSSR count). The number of hydrogen-bond donors (Lipinski definition) is 1. The summed E-state index contributed by atoms with van der Waals surface area (Å²) in [6.45, 7) is 4.01. The van der Waals surface area contributed by atoms with Gasteiger partial charge in [-0.2, -0.15) is 0 Å². The Balaban J connectivity index is 1.94. The third-order valence-electron chi connectivity index (χ3n) is 3.66. The molecule has 0 radical (unpaired) electrons. The van der Waals surface area contributed by atoms with Crippen LogP contribution in [0.2, 0.25) is 5.02 Å². The van der Waals surface area contributed by atoms with Gasteiger partial charge >= 0.3 is 0 Å². The number of anilines is 1. The molecule has 4 heteroatoms. The predicted octanol–water partition coefficient (Wildman–Crippen LogP) is 3.54. The van der Waals surface area contributed by atoms with E-state index < -0.39 is 0 Å². The van der Waals surface area contributed by atoms with E-state index in [-0.39, 0.29) is 11.9 Å². The maximum absolute atomic E-state index is 12.2. The normalized spacial score (nSPS) is 18.6. The number of hydrogen-bond acceptors (Lipinski definition) is 2. The van der Waals surface area contributed by atoms with Crippen LogP contribution in [0.5, 0.6) is 0 Å². The Kier molecular flexibility index (Phi) is 5.23. The Hall–Kier alpha value is -1.06. The van der Waals surface area contributed by atoms with Crippen LogP contribution in [0.3, 0.4) is 0 Å². The van der Waals surface area contributed by atoms with Crippen molar-refractivity contribution in [2.24, 2.45) is 0 Å². The second-order valence-electron chi connectivity index (χ2n) is 5.13. The monoisotopic (exact) mass is 280 g/mol. The quantitative estimate of drug-likeness (QED) is 0.918. The highest BCUT2D eigenvalue weighted by molar-refractivity contribution is 6.30. The molecule has 0 saturated carbocycles. The van der Waals surface area contributed by atoms with Gasteiger partial charge in [0.1, 0.15) is 0 Å². The second kappa shape index (κ2) is 6.92. The number of carbonyl (C=O) groups excluding carboxylic acids is 1. The van der Waals surface area contributed by atoms with Crippen molar-refractivity contribution < 1.29 is 4.79 Å². The minimum atomic E-state index is -0.0860. The van der Waals surface area contributed by atoms with Crippen molar-refractivity contribution in [1.29, 1.82) is 0 Å². The van der Waals surface area contributed by atoms with Crippen LogP contribution in [0.15, 0.2) is 24.3 Å². The van der Waals surface area contributed by atoms with Crippen LogP contribution >= 0.6 is 11.6 Å². The van der Waals surface area contributed by atoms with Crippen molar-refractivity contribution in [3.05, 3.63) is 29.3 Å².